The van der Waals surface area contributed by atoms with Crippen LogP contribution in [0.2, 0.25) is 4.34 Å². The van der Waals surface area contributed by atoms with Gasteiger partial charge < -0.3 is 10.2 Å². The van der Waals surface area contributed by atoms with Crippen LogP contribution in [0, 0.1) is 0 Å². The van der Waals surface area contributed by atoms with Crippen LogP contribution in [0.1, 0.15) is 31.3 Å². The van der Waals surface area contributed by atoms with Gasteiger partial charge in [-0.1, -0.05) is 11.6 Å². The zero-order chi connectivity index (χ0) is 15.5. The minimum Gasteiger partial charge on any atom is -0.353 e. The lowest BCUT2D eigenvalue weighted by molar-refractivity contribution is 0.421. The fourth-order valence-electron chi connectivity index (χ4n) is 1.77. The molecule has 1 N–H and O–H groups in total. The molecule has 2 aromatic heterocycles. The van der Waals surface area contributed by atoms with Gasteiger partial charge >= 0.3 is 0 Å². The van der Waals surface area contributed by atoms with E-state index in [0.29, 0.717) is 6.54 Å². The molecule has 0 atom stereocenters. The van der Waals surface area contributed by atoms with Crippen molar-refractivity contribution in [2.45, 2.75) is 39.4 Å². The molecule has 0 saturated carbocycles. The molecule has 2 aromatic rings. The Morgan fingerprint density at radius 3 is 2.67 bits per heavy atom. The van der Waals surface area contributed by atoms with Crippen molar-refractivity contribution in [3.8, 4) is 0 Å². The summed E-state index contributed by atoms with van der Waals surface area (Å²) in [7, 11) is 2.01. The Hall–Kier alpha value is -1.17. The van der Waals surface area contributed by atoms with Crippen molar-refractivity contribution in [2.75, 3.05) is 11.9 Å². The number of nitrogens with one attached hydrogen (secondary N) is 1. The molecule has 0 aliphatic heterocycles. The van der Waals surface area contributed by atoms with E-state index in [2.05, 4.69) is 41.0 Å². The molecule has 0 amide bonds. The first-order valence-corrected chi connectivity index (χ1v) is 8.04. The zero-order valence-corrected chi connectivity index (χ0v) is 14.4. The van der Waals surface area contributed by atoms with Crippen molar-refractivity contribution in [1.82, 2.24) is 15.3 Å². The fraction of sp³-hybridized carbons (Fsp3) is 0.467. The largest absolute Gasteiger partial charge is 0.353 e. The Kier molecular flexibility index (Phi) is 5.19. The van der Waals surface area contributed by atoms with Crippen molar-refractivity contribution in [2.24, 2.45) is 0 Å². The summed E-state index contributed by atoms with van der Waals surface area (Å²) in [4.78, 5) is 12.2. The molecule has 0 spiro atoms. The van der Waals surface area contributed by atoms with Gasteiger partial charge in [-0.3, -0.25) is 4.98 Å². The van der Waals surface area contributed by atoms with Gasteiger partial charge in [0.05, 0.1) is 22.8 Å². The van der Waals surface area contributed by atoms with Crippen LogP contribution in [0.4, 0.5) is 5.82 Å². The summed E-state index contributed by atoms with van der Waals surface area (Å²) in [6.07, 6.45) is 3.59. The Balaban J connectivity index is 2.02. The highest BCUT2D eigenvalue weighted by Crippen LogP contribution is 2.23. The summed E-state index contributed by atoms with van der Waals surface area (Å²) in [6.45, 7) is 7.90. The minimum absolute atomic E-state index is 0.0668. The highest BCUT2D eigenvalue weighted by molar-refractivity contribution is 7.16. The normalized spacial score (nSPS) is 11.7. The molecule has 6 heteroatoms. The van der Waals surface area contributed by atoms with Gasteiger partial charge in [-0.2, -0.15) is 0 Å². The molecule has 0 aromatic carbocycles. The molecule has 0 aliphatic carbocycles. The Morgan fingerprint density at radius 1 is 1.29 bits per heavy atom. The number of hydrogen-bond acceptors (Lipinski definition) is 5. The first kappa shape index (κ1) is 16.2. The van der Waals surface area contributed by atoms with Crippen molar-refractivity contribution in [1.29, 1.82) is 0 Å². The van der Waals surface area contributed by atoms with Gasteiger partial charge in [0.1, 0.15) is 5.82 Å². The molecule has 0 unspecified atom stereocenters. The van der Waals surface area contributed by atoms with Crippen LogP contribution >= 0.6 is 22.9 Å². The molecule has 0 aliphatic rings. The van der Waals surface area contributed by atoms with Gasteiger partial charge in [0.15, 0.2) is 0 Å². The van der Waals surface area contributed by atoms with E-state index < -0.39 is 0 Å². The Bertz CT molecular complexity index is 591. The van der Waals surface area contributed by atoms with E-state index in [1.807, 2.05) is 19.2 Å². The summed E-state index contributed by atoms with van der Waals surface area (Å²) in [5.74, 6) is 0.868. The van der Waals surface area contributed by atoms with E-state index in [0.717, 1.165) is 22.4 Å². The predicted molar refractivity (Wildman–Crippen MR) is 90.1 cm³/mol. The Morgan fingerprint density at radius 2 is 2.05 bits per heavy atom. The second kappa shape index (κ2) is 6.73. The number of anilines is 1. The van der Waals surface area contributed by atoms with Crippen LogP contribution in [0.25, 0.3) is 0 Å². The summed E-state index contributed by atoms with van der Waals surface area (Å²) in [6, 6.07) is 3.96. The smallest absolute Gasteiger partial charge is 0.147 e. The van der Waals surface area contributed by atoms with Crippen LogP contribution < -0.4 is 10.2 Å². The number of hydrogen-bond donors (Lipinski definition) is 1. The molecule has 0 bridgehead atoms. The average Bonchev–Trinajstić information content (AvgIpc) is 2.81. The van der Waals surface area contributed by atoms with Gasteiger partial charge in [0.2, 0.25) is 0 Å². The van der Waals surface area contributed by atoms with E-state index >= 15 is 0 Å². The molecule has 2 rings (SSSR count). The topological polar surface area (TPSA) is 41.1 Å². The van der Waals surface area contributed by atoms with Gasteiger partial charge in [-0.25, -0.2) is 4.98 Å². The first-order valence-electron chi connectivity index (χ1n) is 6.85. The summed E-state index contributed by atoms with van der Waals surface area (Å²) in [5, 5.41) is 3.42. The number of aromatic nitrogens is 2. The van der Waals surface area contributed by atoms with Crippen LogP contribution in [0.15, 0.2) is 24.5 Å². The van der Waals surface area contributed by atoms with E-state index in [1.165, 1.54) is 4.88 Å². The number of nitrogens with zero attached hydrogens (tertiary/aromatic N) is 3. The third-order valence-corrected chi connectivity index (χ3v) is 4.10. The minimum atomic E-state index is 0.0668. The first-order chi connectivity index (χ1) is 9.83. The molecular formula is C15H21ClN4S. The van der Waals surface area contributed by atoms with Crippen molar-refractivity contribution < 1.29 is 0 Å². The molecule has 0 fully saturated rings. The van der Waals surface area contributed by atoms with E-state index in [9.17, 15) is 0 Å². The molecule has 2 heterocycles. The van der Waals surface area contributed by atoms with E-state index in [1.54, 1.807) is 23.7 Å². The van der Waals surface area contributed by atoms with Gasteiger partial charge in [-0.15, -0.1) is 11.3 Å². The second-order valence-corrected chi connectivity index (χ2v) is 7.83. The van der Waals surface area contributed by atoms with Crippen molar-refractivity contribution in [3.63, 3.8) is 0 Å². The van der Waals surface area contributed by atoms with Crippen LogP contribution in [0.5, 0.6) is 0 Å². The quantitative estimate of drug-likeness (QED) is 0.910. The highest BCUT2D eigenvalue weighted by Gasteiger charge is 2.11. The van der Waals surface area contributed by atoms with E-state index in [4.69, 9.17) is 11.6 Å². The van der Waals surface area contributed by atoms with E-state index in [-0.39, 0.29) is 5.54 Å². The lowest BCUT2D eigenvalue weighted by Gasteiger charge is -2.21. The summed E-state index contributed by atoms with van der Waals surface area (Å²) in [5.41, 5.74) is 1.01. The number of thiophene rings is 1. The standard InChI is InChI=1S/C15H21ClN4S/c1-15(2,3)18-8-11-7-17-9-14(19-11)20(4)10-12-5-6-13(16)21-12/h5-7,9,18H,8,10H2,1-4H3. The number of halogens is 1. The lowest BCUT2D eigenvalue weighted by atomic mass is 10.1. The third kappa shape index (κ3) is 5.26. The average molecular weight is 325 g/mol. The lowest BCUT2D eigenvalue weighted by Crippen LogP contribution is -2.35. The monoisotopic (exact) mass is 324 g/mol. The van der Waals surface area contributed by atoms with Gasteiger partial charge in [-0.05, 0) is 32.9 Å². The fourth-order valence-corrected chi connectivity index (χ4v) is 2.91. The number of rotatable bonds is 5. The zero-order valence-electron chi connectivity index (χ0n) is 12.9. The third-order valence-electron chi connectivity index (χ3n) is 2.88. The SMILES string of the molecule is CN(Cc1ccc(Cl)s1)c1cncc(CNC(C)(C)C)n1. The molecule has 114 valence electrons. The summed E-state index contributed by atoms with van der Waals surface area (Å²) >= 11 is 7.55. The Labute approximate surface area is 135 Å². The van der Waals surface area contributed by atoms with Crippen molar-refractivity contribution >= 4 is 28.8 Å². The van der Waals surface area contributed by atoms with Crippen LogP contribution in [0.3, 0.4) is 0 Å². The predicted octanol–water partition coefficient (Wildman–Crippen LogP) is 3.72. The van der Waals surface area contributed by atoms with Crippen molar-refractivity contribution in [3.05, 3.63) is 39.4 Å². The van der Waals surface area contributed by atoms with Crippen LogP contribution in [-0.4, -0.2) is 22.6 Å². The van der Waals surface area contributed by atoms with Gasteiger partial charge in [0.25, 0.3) is 0 Å². The highest BCUT2D eigenvalue weighted by atomic mass is 35.5. The molecular weight excluding hydrogens is 304 g/mol. The maximum atomic E-state index is 5.96. The molecule has 21 heavy (non-hydrogen) atoms. The van der Waals surface area contributed by atoms with Crippen LogP contribution in [-0.2, 0) is 13.1 Å². The molecule has 0 radical (unpaired) electrons. The maximum absolute atomic E-state index is 5.96. The molecule has 4 nitrogen and oxygen atoms in total. The second-order valence-electron chi connectivity index (χ2n) is 6.03. The van der Waals surface area contributed by atoms with Gasteiger partial charge in [0, 0.05) is 30.2 Å². The summed E-state index contributed by atoms with van der Waals surface area (Å²) < 4.78 is 0.813. The maximum Gasteiger partial charge on any atom is 0.147 e. The molecule has 0 saturated heterocycles.